The molecular weight excluding hydrogens is 422 g/mol. The van der Waals surface area contributed by atoms with Crippen molar-refractivity contribution in [2.75, 3.05) is 6.61 Å². The van der Waals surface area contributed by atoms with E-state index in [0.717, 1.165) is 6.08 Å². The summed E-state index contributed by atoms with van der Waals surface area (Å²) in [6, 6.07) is 0. The van der Waals surface area contributed by atoms with Gasteiger partial charge in [-0.2, -0.15) is 13.2 Å². The lowest BCUT2D eigenvalue weighted by Gasteiger charge is -2.26. The van der Waals surface area contributed by atoms with Crippen molar-refractivity contribution in [3.63, 3.8) is 0 Å². The highest BCUT2D eigenvalue weighted by atomic mass is 35.5. The van der Waals surface area contributed by atoms with Gasteiger partial charge in [-0.15, -0.1) is 0 Å². The quantitative estimate of drug-likeness (QED) is 0.375. The molecule has 1 aromatic rings. The number of rotatable bonds is 6. The maximum atomic E-state index is 13.6. The maximum Gasteiger partial charge on any atom is 0.416 e. The summed E-state index contributed by atoms with van der Waals surface area (Å²) in [6.45, 7) is 2.73. The van der Waals surface area contributed by atoms with E-state index >= 15 is 0 Å². The van der Waals surface area contributed by atoms with Crippen LogP contribution in [0.25, 0.3) is 5.57 Å². The first-order valence-electron chi connectivity index (χ1n) is 8.19. The van der Waals surface area contributed by atoms with E-state index in [4.69, 9.17) is 23.2 Å². The third kappa shape index (κ3) is 4.67. The van der Waals surface area contributed by atoms with Gasteiger partial charge < -0.3 is 9.30 Å². The normalized spacial score (nSPS) is 17.0. The van der Waals surface area contributed by atoms with Gasteiger partial charge in [0.1, 0.15) is 6.61 Å². The van der Waals surface area contributed by atoms with Gasteiger partial charge in [-0.3, -0.25) is 9.59 Å². The summed E-state index contributed by atoms with van der Waals surface area (Å²) in [4.78, 5) is 33.6. The highest BCUT2D eigenvalue weighted by molar-refractivity contribution is 6.80. The summed E-state index contributed by atoms with van der Waals surface area (Å²) in [5.74, 6) is -1.75. The lowest BCUT2D eigenvalue weighted by Crippen LogP contribution is -2.21. The topological polar surface area (TPSA) is 65.4 Å². The van der Waals surface area contributed by atoms with Crippen LogP contribution in [0.5, 0.6) is 0 Å². The minimum absolute atomic E-state index is 0.0245. The Balaban J connectivity index is 2.56. The molecule has 5 nitrogen and oxygen atoms in total. The lowest BCUT2D eigenvalue weighted by molar-refractivity contribution is -0.150. The average Bonchev–Trinajstić information content (AvgIpc) is 2.90. The Morgan fingerprint density at radius 3 is 2.46 bits per heavy atom. The van der Waals surface area contributed by atoms with Crippen molar-refractivity contribution in [1.29, 1.82) is 0 Å². The summed E-state index contributed by atoms with van der Waals surface area (Å²) in [6.07, 6.45) is -0.436. The van der Waals surface area contributed by atoms with Gasteiger partial charge in [0.25, 0.3) is 5.24 Å². The van der Waals surface area contributed by atoms with Gasteiger partial charge in [0.05, 0.1) is 17.7 Å². The summed E-state index contributed by atoms with van der Waals surface area (Å²) in [5, 5.41) is -2.13. The average molecular weight is 438 g/mol. The van der Waals surface area contributed by atoms with Gasteiger partial charge in [0.2, 0.25) is 0 Å². The predicted octanol–water partition coefficient (Wildman–Crippen LogP) is 4.40. The molecule has 0 aliphatic heterocycles. The number of carbonyl (C=O) groups is 3. The number of halogens is 5. The number of alkyl halides is 3. The zero-order valence-electron chi connectivity index (χ0n) is 14.9. The van der Waals surface area contributed by atoms with E-state index in [2.05, 4.69) is 4.74 Å². The molecule has 0 spiro atoms. The van der Waals surface area contributed by atoms with Crippen LogP contribution in [0.1, 0.15) is 35.0 Å². The molecule has 0 radical (unpaired) electrons. The highest BCUT2D eigenvalue weighted by Gasteiger charge is 2.39. The van der Waals surface area contributed by atoms with Crippen molar-refractivity contribution >= 4 is 45.2 Å². The third-order valence-electron chi connectivity index (χ3n) is 4.39. The molecule has 2 rings (SSSR count). The molecule has 1 aliphatic rings. The number of ether oxygens (including phenoxy) is 1. The molecule has 28 heavy (non-hydrogen) atoms. The van der Waals surface area contributed by atoms with Gasteiger partial charge in [0.15, 0.2) is 0 Å². The van der Waals surface area contributed by atoms with E-state index in [1.165, 1.54) is 23.8 Å². The van der Waals surface area contributed by atoms with Gasteiger partial charge in [-0.05, 0) is 53.6 Å². The zero-order chi connectivity index (χ0) is 21.2. The Kier molecular flexibility index (Phi) is 6.77. The van der Waals surface area contributed by atoms with Crippen LogP contribution in [0, 0.1) is 12.8 Å². The molecule has 1 atom stereocenters. The minimum atomic E-state index is -4.59. The van der Waals surface area contributed by atoms with Crippen LogP contribution in [0.2, 0.25) is 0 Å². The number of aromatic nitrogens is 1. The Morgan fingerprint density at radius 2 is 1.93 bits per heavy atom. The third-order valence-corrected chi connectivity index (χ3v) is 4.74. The molecule has 1 unspecified atom stereocenters. The summed E-state index contributed by atoms with van der Waals surface area (Å²) < 4.78 is 46.8. The number of nitrogens with zero attached hydrogens (tertiary/aromatic N) is 1. The SMILES string of the molecule is Cc1c(C(=O)Cl)cn(CCOC(=O)C(=O)Cl)c1C1=C(C(F)(F)F)C=CCC1C. The largest absolute Gasteiger partial charge is 0.457 e. The molecule has 0 aromatic carbocycles. The number of hydrogen-bond donors (Lipinski definition) is 0. The first-order chi connectivity index (χ1) is 12.9. The van der Waals surface area contributed by atoms with E-state index in [1.807, 2.05) is 0 Å². The molecule has 0 saturated heterocycles. The Labute approximate surface area is 168 Å². The summed E-state index contributed by atoms with van der Waals surface area (Å²) >= 11 is 10.6. The minimum Gasteiger partial charge on any atom is -0.457 e. The Hall–Kier alpha value is -2.06. The smallest absolute Gasteiger partial charge is 0.416 e. The number of esters is 1. The lowest BCUT2D eigenvalue weighted by atomic mass is 9.84. The van der Waals surface area contributed by atoms with Crippen molar-refractivity contribution in [2.24, 2.45) is 5.92 Å². The van der Waals surface area contributed by atoms with Crippen LogP contribution in [-0.2, 0) is 20.9 Å². The van der Waals surface area contributed by atoms with E-state index in [-0.39, 0.29) is 30.0 Å². The van der Waals surface area contributed by atoms with Crippen LogP contribution in [-0.4, -0.2) is 33.8 Å². The Morgan fingerprint density at radius 1 is 1.29 bits per heavy atom. The molecule has 1 heterocycles. The monoisotopic (exact) mass is 437 g/mol. The molecule has 0 amide bonds. The fourth-order valence-corrected chi connectivity index (χ4v) is 3.40. The van der Waals surface area contributed by atoms with Crippen molar-refractivity contribution in [2.45, 2.75) is 33.0 Å². The summed E-state index contributed by atoms with van der Waals surface area (Å²) in [7, 11) is 0. The van der Waals surface area contributed by atoms with Crippen LogP contribution >= 0.6 is 23.2 Å². The predicted molar refractivity (Wildman–Crippen MR) is 97.1 cm³/mol. The molecule has 1 aromatic heterocycles. The van der Waals surface area contributed by atoms with Crippen LogP contribution in [0.15, 0.2) is 23.9 Å². The second-order valence-electron chi connectivity index (χ2n) is 6.26. The molecular formula is C18H16Cl2F3NO4. The standard InChI is InChI=1S/C18H16Cl2F3NO4/c1-9-4-3-5-12(18(21,22)23)13(9)14-10(2)11(15(19)25)8-24(14)6-7-28-17(27)16(20)26/h3,5,8-9H,4,6-7H2,1-2H3. The van der Waals surface area contributed by atoms with Crippen molar-refractivity contribution in [1.82, 2.24) is 4.57 Å². The molecule has 0 bridgehead atoms. The zero-order valence-corrected chi connectivity index (χ0v) is 16.4. The van der Waals surface area contributed by atoms with E-state index < -0.39 is 34.1 Å². The second kappa shape index (κ2) is 8.53. The number of carbonyl (C=O) groups excluding carboxylic acids is 3. The fraction of sp³-hybridized carbons (Fsp3) is 0.389. The molecule has 1 aliphatic carbocycles. The van der Waals surface area contributed by atoms with Crippen molar-refractivity contribution < 1.29 is 32.3 Å². The first kappa shape index (κ1) is 22.2. The van der Waals surface area contributed by atoms with Crippen LogP contribution in [0.4, 0.5) is 13.2 Å². The van der Waals surface area contributed by atoms with Gasteiger partial charge in [-0.1, -0.05) is 19.1 Å². The maximum absolute atomic E-state index is 13.6. The van der Waals surface area contributed by atoms with Gasteiger partial charge in [-0.25, -0.2) is 4.79 Å². The number of hydrogen-bond acceptors (Lipinski definition) is 4. The van der Waals surface area contributed by atoms with Crippen molar-refractivity contribution in [3.05, 3.63) is 40.7 Å². The van der Waals surface area contributed by atoms with Crippen molar-refractivity contribution in [3.8, 4) is 0 Å². The molecule has 10 heteroatoms. The summed E-state index contributed by atoms with van der Waals surface area (Å²) in [5.41, 5.74) is -0.265. The first-order valence-corrected chi connectivity index (χ1v) is 8.95. The Bertz CT molecular complexity index is 884. The van der Waals surface area contributed by atoms with Gasteiger partial charge in [0, 0.05) is 11.9 Å². The highest BCUT2D eigenvalue weighted by Crippen LogP contribution is 2.43. The van der Waals surface area contributed by atoms with E-state index in [9.17, 15) is 27.6 Å². The van der Waals surface area contributed by atoms with Crippen LogP contribution < -0.4 is 0 Å². The second-order valence-corrected chi connectivity index (χ2v) is 6.94. The van der Waals surface area contributed by atoms with Gasteiger partial charge >= 0.3 is 17.4 Å². The fourth-order valence-electron chi connectivity index (χ4n) is 3.16. The molecule has 0 fully saturated rings. The number of allylic oxidation sites excluding steroid dienone is 4. The molecule has 152 valence electrons. The van der Waals surface area contributed by atoms with Crippen LogP contribution in [0.3, 0.4) is 0 Å². The molecule has 0 saturated carbocycles. The van der Waals surface area contributed by atoms with E-state index in [0.29, 0.717) is 12.0 Å². The van der Waals surface area contributed by atoms with E-state index in [1.54, 1.807) is 6.92 Å². The molecule has 0 N–H and O–H groups in total.